The Morgan fingerprint density at radius 1 is 1.19 bits per heavy atom. The number of amides is 1. The van der Waals surface area contributed by atoms with E-state index in [0.29, 0.717) is 0 Å². The van der Waals surface area contributed by atoms with Crippen molar-refractivity contribution in [3.8, 4) is 0 Å². The average molecular weight is 284 g/mol. The number of rotatable bonds is 4. The van der Waals surface area contributed by atoms with Gasteiger partial charge < -0.3 is 10.2 Å². The molecule has 1 aliphatic heterocycles. The van der Waals surface area contributed by atoms with Crippen molar-refractivity contribution >= 4 is 5.91 Å². The van der Waals surface area contributed by atoms with Gasteiger partial charge in [0.15, 0.2) is 0 Å². The van der Waals surface area contributed by atoms with Gasteiger partial charge in [0.1, 0.15) is 6.17 Å². The summed E-state index contributed by atoms with van der Waals surface area (Å²) in [5.41, 5.74) is 3.51. The van der Waals surface area contributed by atoms with Crippen molar-refractivity contribution in [3.63, 3.8) is 0 Å². The molecule has 3 heteroatoms. The lowest BCUT2D eigenvalue weighted by Gasteiger charge is -2.42. The smallest absolute Gasteiger partial charge is 0.250 e. The fourth-order valence-corrected chi connectivity index (χ4v) is 3.39. The number of benzene rings is 1. The van der Waals surface area contributed by atoms with E-state index in [-0.39, 0.29) is 12.1 Å². The molecular weight excluding hydrogens is 260 g/mol. The zero-order valence-corrected chi connectivity index (χ0v) is 12.8. The Kier molecular flexibility index (Phi) is 4.28. The maximum Gasteiger partial charge on any atom is 0.250 e. The molecular formula is C18H24N2O. The third kappa shape index (κ3) is 2.82. The second-order valence-electron chi connectivity index (χ2n) is 5.97. The molecule has 1 unspecified atom stereocenters. The minimum atomic E-state index is 0.00194. The van der Waals surface area contributed by atoms with Gasteiger partial charge in [0, 0.05) is 17.8 Å². The lowest BCUT2D eigenvalue weighted by molar-refractivity contribution is -0.121. The molecule has 2 aliphatic rings. The monoisotopic (exact) mass is 284 g/mol. The van der Waals surface area contributed by atoms with Crippen LogP contribution >= 0.6 is 0 Å². The topological polar surface area (TPSA) is 32.3 Å². The summed E-state index contributed by atoms with van der Waals surface area (Å²) in [6.07, 6.45) is 6.67. The Labute approximate surface area is 127 Å². The van der Waals surface area contributed by atoms with E-state index in [9.17, 15) is 4.79 Å². The van der Waals surface area contributed by atoms with Crippen LogP contribution in [0.15, 0.2) is 41.6 Å². The number of hydrogen-bond acceptors (Lipinski definition) is 2. The number of nitrogens with zero attached hydrogens (tertiary/aromatic N) is 1. The number of carbonyl (C=O) groups is 1. The van der Waals surface area contributed by atoms with Crippen LogP contribution in [0.4, 0.5) is 0 Å². The highest BCUT2D eigenvalue weighted by molar-refractivity contribution is 5.95. The van der Waals surface area contributed by atoms with Gasteiger partial charge in [-0.05, 0) is 37.7 Å². The van der Waals surface area contributed by atoms with Crippen LogP contribution in [0.3, 0.4) is 0 Å². The van der Waals surface area contributed by atoms with E-state index in [1.165, 1.54) is 24.1 Å². The molecule has 1 aromatic carbocycles. The summed E-state index contributed by atoms with van der Waals surface area (Å²) in [7, 11) is 0. The van der Waals surface area contributed by atoms with Crippen LogP contribution in [0.25, 0.3) is 0 Å². The van der Waals surface area contributed by atoms with Gasteiger partial charge in [-0.15, -0.1) is 0 Å². The van der Waals surface area contributed by atoms with E-state index in [1.807, 2.05) is 18.2 Å². The molecule has 0 saturated carbocycles. The standard InChI is InChI=1S/C18H24N2O/c1-2-3-13-20-16-12-8-7-11-15(16)18(21)19-17(20)14-9-5-4-6-10-14/h4-6,9-10,17H,2-3,7-8,11-13H2,1H3,(H,19,21). The van der Waals surface area contributed by atoms with Crippen LogP contribution in [0.5, 0.6) is 0 Å². The maximum atomic E-state index is 12.4. The van der Waals surface area contributed by atoms with E-state index in [4.69, 9.17) is 0 Å². The molecule has 3 rings (SSSR count). The number of unbranched alkanes of at least 4 members (excludes halogenated alkanes) is 1. The molecule has 1 amide bonds. The molecule has 0 bridgehead atoms. The number of allylic oxidation sites excluding steroid dienone is 1. The highest BCUT2D eigenvalue weighted by atomic mass is 16.2. The van der Waals surface area contributed by atoms with Crippen LogP contribution in [0.2, 0.25) is 0 Å². The first-order chi connectivity index (χ1) is 10.3. The molecule has 0 fully saturated rings. The van der Waals surface area contributed by atoms with Gasteiger partial charge in [0.25, 0.3) is 5.91 Å². The summed E-state index contributed by atoms with van der Waals surface area (Å²) in [4.78, 5) is 14.9. The van der Waals surface area contributed by atoms with Crippen molar-refractivity contribution in [3.05, 3.63) is 47.2 Å². The van der Waals surface area contributed by atoms with Crippen LogP contribution in [-0.4, -0.2) is 17.4 Å². The Morgan fingerprint density at radius 2 is 1.95 bits per heavy atom. The fourth-order valence-electron chi connectivity index (χ4n) is 3.39. The van der Waals surface area contributed by atoms with E-state index < -0.39 is 0 Å². The van der Waals surface area contributed by atoms with Crippen molar-refractivity contribution in [1.29, 1.82) is 0 Å². The molecule has 1 N–H and O–H groups in total. The minimum absolute atomic E-state index is 0.00194. The fraction of sp³-hybridized carbons (Fsp3) is 0.500. The summed E-state index contributed by atoms with van der Waals surface area (Å²) < 4.78 is 0. The molecule has 0 saturated heterocycles. The SMILES string of the molecule is CCCCN1C2=C(CCCC2)C(=O)NC1c1ccccc1. The molecule has 0 spiro atoms. The molecule has 1 heterocycles. The number of hydrogen-bond donors (Lipinski definition) is 1. The predicted molar refractivity (Wildman–Crippen MR) is 84.4 cm³/mol. The van der Waals surface area contributed by atoms with Crippen molar-refractivity contribution in [2.24, 2.45) is 0 Å². The van der Waals surface area contributed by atoms with E-state index in [2.05, 4.69) is 29.3 Å². The second kappa shape index (κ2) is 6.33. The molecule has 3 nitrogen and oxygen atoms in total. The summed E-state index contributed by atoms with van der Waals surface area (Å²) in [6.45, 7) is 3.24. The summed E-state index contributed by atoms with van der Waals surface area (Å²) >= 11 is 0. The van der Waals surface area contributed by atoms with Gasteiger partial charge >= 0.3 is 0 Å². The Balaban J connectivity index is 1.96. The van der Waals surface area contributed by atoms with Crippen molar-refractivity contribution in [2.45, 2.75) is 51.6 Å². The molecule has 1 atom stereocenters. The molecule has 0 aromatic heterocycles. The first-order valence-electron chi connectivity index (χ1n) is 8.15. The van der Waals surface area contributed by atoms with Gasteiger partial charge in [0.2, 0.25) is 0 Å². The van der Waals surface area contributed by atoms with Crippen molar-refractivity contribution in [2.75, 3.05) is 6.54 Å². The molecule has 112 valence electrons. The van der Waals surface area contributed by atoms with Crippen LogP contribution in [-0.2, 0) is 4.79 Å². The van der Waals surface area contributed by atoms with Gasteiger partial charge in [-0.1, -0.05) is 43.7 Å². The molecule has 1 aromatic rings. The molecule has 21 heavy (non-hydrogen) atoms. The third-order valence-electron chi connectivity index (χ3n) is 4.51. The lowest BCUT2D eigenvalue weighted by atomic mass is 9.91. The van der Waals surface area contributed by atoms with E-state index in [1.54, 1.807) is 0 Å². The average Bonchev–Trinajstić information content (AvgIpc) is 2.55. The van der Waals surface area contributed by atoms with E-state index >= 15 is 0 Å². The normalized spacial score (nSPS) is 22.0. The maximum absolute atomic E-state index is 12.4. The van der Waals surface area contributed by atoms with Crippen molar-refractivity contribution < 1.29 is 4.79 Å². The summed E-state index contributed by atoms with van der Waals surface area (Å²) in [6, 6.07) is 10.3. The third-order valence-corrected chi connectivity index (χ3v) is 4.51. The van der Waals surface area contributed by atoms with Gasteiger partial charge in [-0.3, -0.25) is 4.79 Å². The predicted octanol–water partition coefficient (Wildman–Crippen LogP) is 3.75. The zero-order valence-electron chi connectivity index (χ0n) is 12.8. The second-order valence-corrected chi connectivity index (χ2v) is 5.97. The first kappa shape index (κ1) is 14.2. The highest BCUT2D eigenvalue weighted by Gasteiger charge is 2.34. The van der Waals surface area contributed by atoms with Crippen molar-refractivity contribution in [1.82, 2.24) is 10.2 Å². The van der Waals surface area contributed by atoms with Crippen LogP contribution in [0.1, 0.15) is 57.2 Å². The first-order valence-corrected chi connectivity index (χ1v) is 8.15. The summed E-state index contributed by atoms with van der Waals surface area (Å²) in [5, 5.41) is 3.22. The molecule has 0 radical (unpaired) electrons. The number of nitrogens with one attached hydrogen (secondary N) is 1. The quantitative estimate of drug-likeness (QED) is 0.913. The lowest BCUT2D eigenvalue weighted by Crippen LogP contribution is -2.48. The summed E-state index contributed by atoms with van der Waals surface area (Å²) in [5.74, 6) is 0.145. The van der Waals surface area contributed by atoms with Gasteiger partial charge in [-0.25, -0.2) is 0 Å². The molecule has 1 aliphatic carbocycles. The van der Waals surface area contributed by atoms with Gasteiger partial charge in [-0.2, -0.15) is 0 Å². The van der Waals surface area contributed by atoms with Crippen LogP contribution < -0.4 is 5.32 Å². The Bertz CT molecular complexity index is 535. The Morgan fingerprint density at radius 3 is 2.71 bits per heavy atom. The zero-order chi connectivity index (χ0) is 14.7. The van der Waals surface area contributed by atoms with E-state index in [0.717, 1.165) is 37.8 Å². The largest absolute Gasteiger partial charge is 0.350 e. The Hall–Kier alpha value is -1.77. The number of carbonyl (C=O) groups excluding carboxylic acids is 1. The van der Waals surface area contributed by atoms with Crippen LogP contribution in [0, 0.1) is 0 Å². The van der Waals surface area contributed by atoms with Gasteiger partial charge in [0.05, 0.1) is 0 Å². The highest BCUT2D eigenvalue weighted by Crippen LogP contribution is 2.36. The minimum Gasteiger partial charge on any atom is -0.350 e.